The molecule has 1 heterocycles. The first kappa shape index (κ1) is 17.4. The number of hydrogen-bond acceptors (Lipinski definition) is 9. The number of nitrogens with zero attached hydrogens (tertiary/aromatic N) is 5. The third-order valence-corrected chi connectivity index (χ3v) is 3.57. The fourth-order valence-electron chi connectivity index (χ4n) is 2.30. The Labute approximate surface area is 148 Å². The quantitative estimate of drug-likeness (QED) is 0.384. The van der Waals surface area contributed by atoms with Crippen molar-refractivity contribution in [2.75, 3.05) is 0 Å². The zero-order valence-corrected chi connectivity index (χ0v) is 13.1. The maximum absolute atomic E-state index is 11.1. The van der Waals surface area contributed by atoms with Gasteiger partial charge in [-0.25, -0.2) is 0 Å². The summed E-state index contributed by atoms with van der Waals surface area (Å²) in [4.78, 5) is 33.0. The molecule has 0 radical (unpaired) electrons. The second-order valence-electron chi connectivity index (χ2n) is 5.20. The average Bonchev–Trinajstić information content (AvgIpc) is 2.95. The molecule has 0 aliphatic rings. The van der Waals surface area contributed by atoms with Crippen molar-refractivity contribution in [1.82, 2.24) is 4.98 Å². The predicted octanol–water partition coefficient (Wildman–Crippen LogP) is 4.01. The molecule has 0 unspecified atom stereocenters. The summed E-state index contributed by atoms with van der Waals surface area (Å²) in [5.41, 5.74) is -1.30. The molecule has 0 spiro atoms. The van der Waals surface area contributed by atoms with Gasteiger partial charge in [0.2, 0.25) is 0 Å². The van der Waals surface area contributed by atoms with E-state index in [0.29, 0.717) is 5.52 Å². The number of H-pyrrole nitrogens is 1. The average molecular weight is 372 g/mol. The first-order chi connectivity index (χ1) is 12.8. The number of non-ortho nitro benzene ring substituents is 2. The molecule has 0 amide bonds. The molecule has 13 nitrogen and oxygen atoms in total. The summed E-state index contributed by atoms with van der Waals surface area (Å²) in [6.07, 6.45) is 0. The second kappa shape index (κ2) is 6.47. The molecule has 0 saturated carbocycles. The lowest BCUT2D eigenvalue weighted by Crippen LogP contribution is -1.92. The van der Waals surface area contributed by atoms with Crippen molar-refractivity contribution in [3.05, 3.63) is 66.7 Å². The van der Waals surface area contributed by atoms with Gasteiger partial charge in [-0.15, -0.1) is 10.2 Å². The Balaban J connectivity index is 2.03. The molecule has 0 bridgehead atoms. The number of nitro benzene ring substituents is 3. The van der Waals surface area contributed by atoms with Gasteiger partial charge in [0.05, 0.1) is 31.7 Å². The monoisotopic (exact) mass is 372 g/mol. The number of hydrogen-bond donors (Lipinski definition) is 2. The van der Waals surface area contributed by atoms with Crippen LogP contribution in [0.15, 0.2) is 46.6 Å². The number of nitro groups is 3. The molecular formula is C14H8N6O7. The van der Waals surface area contributed by atoms with Crippen LogP contribution in [0.3, 0.4) is 0 Å². The minimum atomic E-state index is -0.851. The van der Waals surface area contributed by atoms with Gasteiger partial charge in [-0.1, -0.05) is 0 Å². The van der Waals surface area contributed by atoms with E-state index in [9.17, 15) is 35.4 Å². The number of benzene rings is 2. The summed E-state index contributed by atoms with van der Waals surface area (Å²) in [5, 5.41) is 50.2. The third kappa shape index (κ3) is 3.23. The van der Waals surface area contributed by atoms with Gasteiger partial charge in [0.15, 0.2) is 17.3 Å². The molecule has 136 valence electrons. The Hall–Kier alpha value is -4.42. The van der Waals surface area contributed by atoms with Crippen LogP contribution >= 0.6 is 0 Å². The van der Waals surface area contributed by atoms with E-state index >= 15 is 0 Å². The van der Waals surface area contributed by atoms with Crippen molar-refractivity contribution in [3.8, 4) is 5.75 Å². The molecule has 0 saturated heterocycles. The van der Waals surface area contributed by atoms with Crippen LogP contribution in [0.1, 0.15) is 0 Å². The van der Waals surface area contributed by atoms with E-state index in [2.05, 4.69) is 15.2 Å². The standard InChI is InChI=1S/C14H8N6O7/c21-13-9-5-7(18(22)23)1-3-10(9)15-14(13)17-16-11-4-2-8(19(24)25)6-12(11)20(26)27/h1-6,15,21H. The fraction of sp³-hybridized carbons (Fsp3) is 0. The number of fused-ring (bicyclic) bond motifs is 1. The minimum Gasteiger partial charge on any atom is -0.504 e. The van der Waals surface area contributed by atoms with Gasteiger partial charge in [-0.05, 0) is 12.1 Å². The molecular weight excluding hydrogens is 364 g/mol. The summed E-state index contributed by atoms with van der Waals surface area (Å²) in [7, 11) is 0. The molecule has 0 fully saturated rings. The van der Waals surface area contributed by atoms with E-state index in [-0.39, 0.29) is 22.6 Å². The van der Waals surface area contributed by atoms with Gasteiger partial charge < -0.3 is 10.1 Å². The molecule has 1 aromatic heterocycles. The largest absolute Gasteiger partial charge is 0.504 e. The van der Waals surface area contributed by atoms with Gasteiger partial charge in [-0.3, -0.25) is 30.3 Å². The maximum atomic E-state index is 11.1. The number of aromatic nitrogens is 1. The van der Waals surface area contributed by atoms with Crippen molar-refractivity contribution in [1.29, 1.82) is 0 Å². The second-order valence-corrected chi connectivity index (χ2v) is 5.20. The summed E-state index contributed by atoms with van der Waals surface area (Å²) in [6.45, 7) is 0. The van der Waals surface area contributed by atoms with Crippen molar-refractivity contribution in [2.45, 2.75) is 0 Å². The van der Waals surface area contributed by atoms with Crippen molar-refractivity contribution in [2.24, 2.45) is 10.2 Å². The lowest BCUT2D eigenvalue weighted by Gasteiger charge is -1.96. The first-order valence-corrected chi connectivity index (χ1v) is 7.11. The number of azo groups is 1. The maximum Gasteiger partial charge on any atom is 0.303 e. The van der Waals surface area contributed by atoms with E-state index in [1.807, 2.05) is 0 Å². The molecule has 13 heteroatoms. The molecule has 3 rings (SSSR count). The number of aromatic hydroxyl groups is 1. The molecule has 27 heavy (non-hydrogen) atoms. The molecule has 0 atom stereocenters. The van der Waals surface area contributed by atoms with Gasteiger partial charge in [-0.2, -0.15) is 0 Å². The topological polar surface area (TPSA) is 190 Å². The number of aromatic amines is 1. The highest BCUT2D eigenvalue weighted by molar-refractivity contribution is 5.92. The van der Waals surface area contributed by atoms with Crippen molar-refractivity contribution >= 4 is 39.5 Å². The van der Waals surface area contributed by atoms with Crippen LogP contribution in [0.25, 0.3) is 10.9 Å². The van der Waals surface area contributed by atoms with E-state index in [1.54, 1.807) is 0 Å². The normalized spacial score (nSPS) is 11.1. The van der Waals surface area contributed by atoms with Crippen LogP contribution in [-0.2, 0) is 0 Å². The van der Waals surface area contributed by atoms with Crippen molar-refractivity contribution < 1.29 is 19.9 Å². The summed E-state index contributed by atoms with van der Waals surface area (Å²) < 4.78 is 0. The van der Waals surface area contributed by atoms with Gasteiger partial charge >= 0.3 is 5.69 Å². The SMILES string of the molecule is O=[N+]([O-])c1ccc(N=Nc2[nH]c3ccc([N+](=O)[O-])cc3c2O)c([N+](=O)[O-])c1. The highest BCUT2D eigenvalue weighted by Gasteiger charge is 2.20. The van der Waals surface area contributed by atoms with Gasteiger partial charge in [0.1, 0.15) is 0 Å². The molecule has 0 aliphatic heterocycles. The zero-order valence-electron chi connectivity index (χ0n) is 13.1. The van der Waals surface area contributed by atoms with E-state index in [4.69, 9.17) is 0 Å². The smallest absolute Gasteiger partial charge is 0.303 e. The molecule has 3 aromatic rings. The number of nitrogens with one attached hydrogen (secondary N) is 1. The highest BCUT2D eigenvalue weighted by atomic mass is 16.6. The van der Waals surface area contributed by atoms with Crippen LogP contribution in [0, 0.1) is 30.3 Å². The first-order valence-electron chi connectivity index (χ1n) is 7.11. The molecule has 0 aliphatic carbocycles. The molecule has 2 N–H and O–H groups in total. The summed E-state index contributed by atoms with van der Waals surface area (Å²) in [6, 6.07) is 6.53. The summed E-state index contributed by atoms with van der Waals surface area (Å²) >= 11 is 0. The highest BCUT2D eigenvalue weighted by Crippen LogP contribution is 2.38. The van der Waals surface area contributed by atoms with Crippen LogP contribution < -0.4 is 0 Å². The summed E-state index contributed by atoms with van der Waals surface area (Å²) in [5.74, 6) is -0.611. The van der Waals surface area contributed by atoms with Gasteiger partial charge in [0.25, 0.3) is 11.4 Å². The van der Waals surface area contributed by atoms with Crippen LogP contribution in [0.5, 0.6) is 5.75 Å². The third-order valence-electron chi connectivity index (χ3n) is 3.57. The lowest BCUT2D eigenvalue weighted by atomic mass is 10.2. The Morgan fingerprint density at radius 3 is 2.11 bits per heavy atom. The van der Waals surface area contributed by atoms with Crippen LogP contribution in [0.4, 0.5) is 28.6 Å². The fourth-order valence-corrected chi connectivity index (χ4v) is 2.30. The predicted molar refractivity (Wildman–Crippen MR) is 90.5 cm³/mol. The van der Waals surface area contributed by atoms with Crippen LogP contribution in [0.2, 0.25) is 0 Å². The number of rotatable bonds is 5. The van der Waals surface area contributed by atoms with E-state index in [0.717, 1.165) is 24.3 Å². The Bertz CT molecular complexity index is 1140. The zero-order chi connectivity index (χ0) is 19.7. The van der Waals surface area contributed by atoms with Gasteiger partial charge in [0, 0.05) is 18.2 Å². The Morgan fingerprint density at radius 2 is 1.48 bits per heavy atom. The molecule has 2 aromatic carbocycles. The minimum absolute atomic E-state index is 0.122. The lowest BCUT2D eigenvalue weighted by molar-refractivity contribution is -0.393. The van der Waals surface area contributed by atoms with Crippen LogP contribution in [-0.4, -0.2) is 24.9 Å². The Morgan fingerprint density at radius 1 is 0.852 bits per heavy atom. The van der Waals surface area contributed by atoms with Crippen molar-refractivity contribution in [3.63, 3.8) is 0 Å². The van der Waals surface area contributed by atoms with E-state index in [1.165, 1.54) is 12.1 Å². The Kier molecular flexibility index (Phi) is 4.17. The van der Waals surface area contributed by atoms with E-state index < -0.39 is 31.9 Å².